The highest BCUT2D eigenvalue weighted by molar-refractivity contribution is 5.82. The summed E-state index contributed by atoms with van der Waals surface area (Å²) in [6, 6.07) is 0. The number of amides is 2. The van der Waals surface area contributed by atoms with Gasteiger partial charge in [0.2, 0.25) is 11.8 Å². The van der Waals surface area contributed by atoms with E-state index in [1.165, 1.54) is 0 Å². The molecule has 14 heavy (non-hydrogen) atoms. The minimum absolute atomic E-state index is 0.0399. The number of nitrogens with one attached hydrogen (secondary N) is 3. The van der Waals surface area contributed by atoms with E-state index in [1.54, 1.807) is 14.1 Å². The van der Waals surface area contributed by atoms with Gasteiger partial charge in [0.05, 0.1) is 12.0 Å². The van der Waals surface area contributed by atoms with Crippen molar-refractivity contribution >= 4 is 11.8 Å². The van der Waals surface area contributed by atoms with Crippen LogP contribution in [0.1, 0.15) is 13.8 Å². The lowest BCUT2D eigenvalue weighted by Crippen LogP contribution is -2.44. The molecule has 0 rings (SSSR count). The van der Waals surface area contributed by atoms with Gasteiger partial charge in [-0.15, -0.1) is 0 Å². The summed E-state index contributed by atoms with van der Waals surface area (Å²) in [5.74, 6) is -0.125. The van der Waals surface area contributed by atoms with Crippen LogP contribution >= 0.6 is 0 Å². The zero-order valence-corrected chi connectivity index (χ0v) is 9.23. The van der Waals surface area contributed by atoms with Gasteiger partial charge in [0, 0.05) is 20.6 Å². The molecule has 0 saturated heterocycles. The van der Waals surface area contributed by atoms with E-state index in [2.05, 4.69) is 16.0 Å². The minimum atomic E-state index is -0.497. The molecule has 0 unspecified atom stereocenters. The van der Waals surface area contributed by atoms with E-state index in [4.69, 9.17) is 0 Å². The monoisotopic (exact) mass is 201 g/mol. The van der Waals surface area contributed by atoms with Crippen molar-refractivity contribution in [3.8, 4) is 0 Å². The molecule has 0 saturated carbocycles. The van der Waals surface area contributed by atoms with E-state index in [9.17, 15) is 9.59 Å². The molecule has 0 fully saturated rings. The van der Waals surface area contributed by atoms with Crippen LogP contribution in [0.25, 0.3) is 0 Å². The predicted molar refractivity (Wildman–Crippen MR) is 54.8 cm³/mol. The highest BCUT2D eigenvalue weighted by atomic mass is 16.2. The SMILES string of the molecule is CNC(=O)CNCC(C)(C)C(=O)NC. The topological polar surface area (TPSA) is 70.2 Å². The van der Waals surface area contributed by atoms with E-state index in [0.29, 0.717) is 6.54 Å². The van der Waals surface area contributed by atoms with Crippen LogP contribution in [0.4, 0.5) is 0 Å². The summed E-state index contributed by atoms with van der Waals surface area (Å²) < 4.78 is 0. The maximum atomic E-state index is 11.3. The molecular weight excluding hydrogens is 182 g/mol. The van der Waals surface area contributed by atoms with Crippen molar-refractivity contribution in [2.24, 2.45) is 5.41 Å². The third-order valence-electron chi connectivity index (χ3n) is 1.97. The van der Waals surface area contributed by atoms with Crippen molar-refractivity contribution in [2.45, 2.75) is 13.8 Å². The summed E-state index contributed by atoms with van der Waals surface area (Å²) in [6.07, 6.45) is 0. The van der Waals surface area contributed by atoms with Gasteiger partial charge in [-0.05, 0) is 13.8 Å². The maximum Gasteiger partial charge on any atom is 0.233 e. The van der Waals surface area contributed by atoms with Gasteiger partial charge in [0.25, 0.3) is 0 Å². The number of rotatable bonds is 5. The Morgan fingerprint density at radius 3 is 2.14 bits per heavy atom. The maximum absolute atomic E-state index is 11.3. The van der Waals surface area contributed by atoms with Crippen molar-refractivity contribution in [1.29, 1.82) is 0 Å². The van der Waals surface area contributed by atoms with Crippen molar-refractivity contribution in [3.05, 3.63) is 0 Å². The highest BCUT2D eigenvalue weighted by Crippen LogP contribution is 2.12. The van der Waals surface area contributed by atoms with E-state index >= 15 is 0 Å². The summed E-state index contributed by atoms with van der Waals surface area (Å²) >= 11 is 0. The quantitative estimate of drug-likeness (QED) is 0.539. The normalized spacial score (nSPS) is 10.9. The summed E-state index contributed by atoms with van der Waals surface area (Å²) in [7, 11) is 3.18. The predicted octanol–water partition coefficient (Wildman–Crippen LogP) is -0.906. The Morgan fingerprint density at radius 1 is 1.14 bits per heavy atom. The van der Waals surface area contributed by atoms with Crippen molar-refractivity contribution in [2.75, 3.05) is 27.2 Å². The van der Waals surface area contributed by atoms with Crippen LogP contribution in [0.15, 0.2) is 0 Å². The first-order valence-corrected chi connectivity index (χ1v) is 4.57. The molecule has 3 N–H and O–H groups in total. The summed E-state index contributed by atoms with van der Waals surface area (Å²) in [5, 5.41) is 7.99. The summed E-state index contributed by atoms with van der Waals surface area (Å²) in [4.78, 5) is 22.2. The van der Waals surface area contributed by atoms with E-state index < -0.39 is 5.41 Å². The molecule has 0 aliphatic heterocycles. The first-order valence-electron chi connectivity index (χ1n) is 4.57. The zero-order chi connectivity index (χ0) is 11.2. The van der Waals surface area contributed by atoms with Gasteiger partial charge in [0.15, 0.2) is 0 Å². The molecule has 0 aromatic heterocycles. The molecule has 0 aliphatic carbocycles. The third kappa shape index (κ3) is 4.23. The van der Waals surface area contributed by atoms with Crippen LogP contribution < -0.4 is 16.0 Å². The standard InChI is InChI=1S/C9H19N3O2/c1-9(2,8(14)11-4)6-12-5-7(13)10-3/h12H,5-6H2,1-4H3,(H,10,13)(H,11,14). The largest absolute Gasteiger partial charge is 0.359 e. The Labute approximate surface area is 84.6 Å². The number of hydrogen-bond donors (Lipinski definition) is 3. The van der Waals surface area contributed by atoms with E-state index in [1.807, 2.05) is 13.8 Å². The van der Waals surface area contributed by atoms with Crippen LogP contribution in [-0.2, 0) is 9.59 Å². The highest BCUT2D eigenvalue weighted by Gasteiger charge is 2.25. The van der Waals surface area contributed by atoms with Crippen molar-refractivity contribution in [1.82, 2.24) is 16.0 Å². The molecule has 0 atom stereocenters. The molecule has 0 aromatic carbocycles. The van der Waals surface area contributed by atoms with Crippen LogP contribution in [-0.4, -0.2) is 39.0 Å². The van der Waals surface area contributed by atoms with Gasteiger partial charge >= 0.3 is 0 Å². The molecule has 0 aromatic rings. The van der Waals surface area contributed by atoms with Crippen LogP contribution in [0.2, 0.25) is 0 Å². The lowest BCUT2D eigenvalue weighted by molar-refractivity contribution is -0.129. The Balaban J connectivity index is 3.88. The number of carbonyl (C=O) groups excluding carboxylic acids is 2. The molecule has 0 spiro atoms. The van der Waals surface area contributed by atoms with E-state index in [-0.39, 0.29) is 18.4 Å². The van der Waals surface area contributed by atoms with Gasteiger partial charge in [-0.2, -0.15) is 0 Å². The van der Waals surface area contributed by atoms with Crippen molar-refractivity contribution < 1.29 is 9.59 Å². The summed E-state index contributed by atoms with van der Waals surface area (Å²) in [5.41, 5.74) is -0.497. The fourth-order valence-corrected chi connectivity index (χ4v) is 0.996. The number of hydrogen-bond acceptors (Lipinski definition) is 3. The van der Waals surface area contributed by atoms with Gasteiger partial charge in [-0.3, -0.25) is 9.59 Å². The fraction of sp³-hybridized carbons (Fsp3) is 0.778. The van der Waals surface area contributed by atoms with Crippen LogP contribution in [0.5, 0.6) is 0 Å². The first-order chi connectivity index (χ1) is 6.44. The van der Waals surface area contributed by atoms with Gasteiger partial charge in [-0.25, -0.2) is 0 Å². The molecular formula is C9H19N3O2. The van der Waals surface area contributed by atoms with E-state index in [0.717, 1.165) is 0 Å². The minimum Gasteiger partial charge on any atom is -0.359 e. The number of likely N-dealkylation sites (N-methyl/N-ethyl adjacent to an activating group) is 1. The second kappa shape index (κ2) is 5.59. The molecule has 5 heteroatoms. The van der Waals surface area contributed by atoms with Gasteiger partial charge in [-0.1, -0.05) is 0 Å². The summed E-state index contributed by atoms with van der Waals surface area (Å²) in [6.45, 7) is 4.35. The molecule has 82 valence electrons. The van der Waals surface area contributed by atoms with Crippen LogP contribution in [0.3, 0.4) is 0 Å². The molecule has 0 radical (unpaired) electrons. The molecule has 0 aliphatic rings. The Hall–Kier alpha value is -1.10. The van der Waals surface area contributed by atoms with Gasteiger partial charge in [0.1, 0.15) is 0 Å². The molecule has 0 bridgehead atoms. The smallest absolute Gasteiger partial charge is 0.233 e. The molecule has 0 heterocycles. The average Bonchev–Trinajstić information content (AvgIpc) is 2.15. The lowest BCUT2D eigenvalue weighted by Gasteiger charge is -2.22. The Kier molecular flexibility index (Phi) is 5.15. The molecule has 2 amide bonds. The lowest BCUT2D eigenvalue weighted by atomic mass is 9.92. The average molecular weight is 201 g/mol. The van der Waals surface area contributed by atoms with Gasteiger partial charge < -0.3 is 16.0 Å². The second-order valence-corrected chi connectivity index (χ2v) is 3.74. The fourth-order valence-electron chi connectivity index (χ4n) is 0.996. The first kappa shape index (κ1) is 12.9. The molecule has 5 nitrogen and oxygen atoms in total. The number of carbonyl (C=O) groups is 2. The Bertz CT molecular complexity index is 214. The third-order valence-corrected chi connectivity index (χ3v) is 1.97. The van der Waals surface area contributed by atoms with Crippen LogP contribution in [0, 0.1) is 5.41 Å². The van der Waals surface area contributed by atoms with Crippen molar-refractivity contribution in [3.63, 3.8) is 0 Å². The Morgan fingerprint density at radius 2 is 1.71 bits per heavy atom. The zero-order valence-electron chi connectivity index (χ0n) is 9.23. The second-order valence-electron chi connectivity index (χ2n) is 3.74.